The summed E-state index contributed by atoms with van der Waals surface area (Å²) < 4.78 is 6.32. The molecule has 1 aromatic carbocycles. The van der Waals surface area contributed by atoms with Gasteiger partial charge in [0, 0.05) is 15.6 Å². The van der Waals surface area contributed by atoms with Crippen molar-refractivity contribution in [2.45, 2.75) is 0 Å². The molecule has 0 spiro atoms. The fourth-order valence-corrected chi connectivity index (χ4v) is 2.56. The van der Waals surface area contributed by atoms with Gasteiger partial charge in [-0.25, -0.2) is 9.97 Å². The molecule has 0 aliphatic rings. The van der Waals surface area contributed by atoms with Gasteiger partial charge in [-0.1, -0.05) is 11.6 Å². The van der Waals surface area contributed by atoms with Crippen molar-refractivity contribution in [1.82, 2.24) is 9.97 Å². The molecule has 0 unspecified atom stereocenters. The van der Waals surface area contributed by atoms with Gasteiger partial charge in [0.2, 0.25) is 5.75 Å². The van der Waals surface area contributed by atoms with Gasteiger partial charge in [0.25, 0.3) is 0 Å². The molecule has 2 N–H and O–H groups in total. The minimum Gasteiger partial charge on any atom is -0.490 e. The number of anilines is 3. The van der Waals surface area contributed by atoms with Crippen LogP contribution in [0.2, 0.25) is 5.02 Å². The molecule has 1 heterocycles. The predicted octanol–water partition coefficient (Wildman–Crippen LogP) is 3.53. The fourth-order valence-electron chi connectivity index (χ4n) is 1.55. The van der Waals surface area contributed by atoms with Crippen molar-refractivity contribution in [3.8, 4) is 5.75 Å². The summed E-state index contributed by atoms with van der Waals surface area (Å²) in [5, 5.41) is 6.86. The first-order chi connectivity index (χ1) is 9.15. The summed E-state index contributed by atoms with van der Waals surface area (Å²) >= 11 is 8.14. The number of hydrogen-bond donors (Lipinski definition) is 2. The van der Waals surface area contributed by atoms with Crippen LogP contribution in [0, 0.1) is 3.57 Å². The molecule has 0 radical (unpaired) electrons. The largest absolute Gasteiger partial charge is 0.490 e. The van der Waals surface area contributed by atoms with Crippen molar-refractivity contribution < 1.29 is 4.74 Å². The van der Waals surface area contributed by atoms with Crippen LogP contribution >= 0.6 is 34.2 Å². The minimum atomic E-state index is 0.566. The Balaban J connectivity index is 2.37. The number of nitrogens with one attached hydrogen (secondary N) is 2. The quantitative estimate of drug-likeness (QED) is 0.782. The molecule has 2 rings (SSSR count). The lowest BCUT2D eigenvalue weighted by atomic mass is 10.3. The predicted molar refractivity (Wildman–Crippen MR) is 85.6 cm³/mol. The Morgan fingerprint density at radius 3 is 2.63 bits per heavy atom. The highest BCUT2D eigenvalue weighted by atomic mass is 127. The number of ether oxygens (including phenoxy) is 1. The SMILES string of the molecule is CNc1ncnc(Nc2ccc(Cl)cc2I)c1OC. The van der Waals surface area contributed by atoms with Gasteiger partial charge in [0.05, 0.1) is 12.8 Å². The van der Waals surface area contributed by atoms with E-state index in [9.17, 15) is 0 Å². The van der Waals surface area contributed by atoms with Crippen molar-refractivity contribution in [3.63, 3.8) is 0 Å². The highest BCUT2D eigenvalue weighted by Crippen LogP contribution is 2.32. The lowest BCUT2D eigenvalue weighted by molar-refractivity contribution is 0.415. The molecular weight excluding hydrogens is 379 g/mol. The molecule has 0 aliphatic heterocycles. The average Bonchev–Trinajstić information content (AvgIpc) is 2.41. The van der Waals surface area contributed by atoms with Gasteiger partial charge in [-0.15, -0.1) is 0 Å². The Labute approximate surface area is 129 Å². The van der Waals surface area contributed by atoms with E-state index in [2.05, 4.69) is 43.2 Å². The Bertz CT molecular complexity index is 594. The molecular formula is C12H12ClIN4O. The summed E-state index contributed by atoms with van der Waals surface area (Å²) in [7, 11) is 3.36. The van der Waals surface area contributed by atoms with Crippen LogP contribution in [0.3, 0.4) is 0 Å². The van der Waals surface area contributed by atoms with E-state index >= 15 is 0 Å². The van der Waals surface area contributed by atoms with Gasteiger partial charge < -0.3 is 15.4 Å². The second kappa shape index (κ2) is 6.25. The Morgan fingerprint density at radius 1 is 1.26 bits per heavy atom. The van der Waals surface area contributed by atoms with Crippen LogP contribution in [-0.4, -0.2) is 24.1 Å². The van der Waals surface area contributed by atoms with Crippen molar-refractivity contribution in [1.29, 1.82) is 0 Å². The van der Waals surface area contributed by atoms with E-state index in [0.29, 0.717) is 22.4 Å². The van der Waals surface area contributed by atoms with E-state index in [0.717, 1.165) is 9.26 Å². The topological polar surface area (TPSA) is 59.1 Å². The van der Waals surface area contributed by atoms with Crippen LogP contribution in [-0.2, 0) is 0 Å². The lowest BCUT2D eigenvalue weighted by Crippen LogP contribution is -2.03. The summed E-state index contributed by atoms with van der Waals surface area (Å²) in [6.45, 7) is 0. The van der Waals surface area contributed by atoms with Crippen LogP contribution in [0.5, 0.6) is 5.75 Å². The molecule has 19 heavy (non-hydrogen) atoms. The molecule has 0 fully saturated rings. The molecule has 0 saturated carbocycles. The van der Waals surface area contributed by atoms with Crippen molar-refractivity contribution >= 4 is 51.5 Å². The zero-order valence-corrected chi connectivity index (χ0v) is 13.3. The minimum absolute atomic E-state index is 0.566. The molecule has 5 nitrogen and oxygen atoms in total. The first-order valence-corrected chi connectivity index (χ1v) is 6.90. The zero-order valence-electron chi connectivity index (χ0n) is 10.4. The Hall–Kier alpha value is -1.28. The molecule has 7 heteroatoms. The monoisotopic (exact) mass is 390 g/mol. The smallest absolute Gasteiger partial charge is 0.204 e. The van der Waals surface area contributed by atoms with Gasteiger partial charge in [-0.2, -0.15) is 0 Å². The van der Waals surface area contributed by atoms with Gasteiger partial charge in [-0.05, 0) is 40.8 Å². The van der Waals surface area contributed by atoms with Crippen LogP contribution < -0.4 is 15.4 Å². The zero-order chi connectivity index (χ0) is 13.8. The van der Waals surface area contributed by atoms with Crippen molar-refractivity contribution in [3.05, 3.63) is 33.1 Å². The van der Waals surface area contributed by atoms with Gasteiger partial charge in [0.15, 0.2) is 11.6 Å². The maximum atomic E-state index is 5.93. The number of rotatable bonds is 4. The second-order valence-corrected chi connectivity index (χ2v) is 5.20. The van der Waals surface area contributed by atoms with E-state index in [4.69, 9.17) is 16.3 Å². The number of nitrogens with zero attached hydrogens (tertiary/aromatic N) is 2. The van der Waals surface area contributed by atoms with E-state index in [-0.39, 0.29) is 0 Å². The van der Waals surface area contributed by atoms with Gasteiger partial charge in [-0.3, -0.25) is 0 Å². The van der Waals surface area contributed by atoms with E-state index < -0.39 is 0 Å². The summed E-state index contributed by atoms with van der Waals surface area (Å²) in [6.07, 6.45) is 1.47. The summed E-state index contributed by atoms with van der Waals surface area (Å²) in [4.78, 5) is 8.29. The van der Waals surface area contributed by atoms with E-state index in [1.54, 1.807) is 14.2 Å². The number of benzene rings is 1. The van der Waals surface area contributed by atoms with Crippen molar-refractivity contribution in [2.24, 2.45) is 0 Å². The molecule has 0 bridgehead atoms. The average molecular weight is 391 g/mol. The van der Waals surface area contributed by atoms with Gasteiger partial charge in [0.1, 0.15) is 6.33 Å². The molecule has 0 amide bonds. The first kappa shape index (κ1) is 14.1. The molecule has 1 aromatic heterocycles. The molecule has 2 aromatic rings. The van der Waals surface area contributed by atoms with E-state index in [1.165, 1.54) is 6.33 Å². The fraction of sp³-hybridized carbons (Fsp3) is 0.167. The normalized spacial score (nSPS) is 10.1. The summed E-state index contributed by atoms with van der Waals surface area (Å²) in [6, 6.07) is 5.58. The first-order valence-electron chi connectivity index (χ1n) is 5.44. The Kier molecular flexibility index (Phi) is 4.65. The number of aromatic nitrogens is 2. The highest BCUT2D eigenvalue weighted by Gasteiger charge is 2.12. The lowest BCUT2D eigenvalue weighted by Gasteiger charge is -2.13. The number of hydrogen-bond acceptors (Lipinski definition) is 5. The number of halogens is 2. The molecule has 0 aliphatic carbocycles. The van der Waals surface area contributed by atoms with Crippen LogP contribution in [0.25, 0.3) is 0 Å². The molecule has 100 valence electrons. The summed E-state index contributed by atoms with van der Waals surface area (Å²) in [5.41, 5.74) is 0.907. The molecule has 0 atom stereocenters. The van der Waals surface area contributed by atoms with Crippen molar-refractivity contribution in [2.75, 3.05) is 24.8 Å². The van der Waals surface area contributed by atoms with Gasteiger partial charge >= 0.3 is 0 Å². The number of methoxy groups -OCH3 is 1. The third kappa shape index (κ3) is 3.19. The maximum Gasteiger partial charge on any atom is 0.204 e. The van der Waals surface area contributed by atoms with Crippen LogP contribution in [0.15, 0.2) is 24.5 Å². The van der Waals surface area contributed by atoms with E-state index in [1.807, 2.05) is 18.2 Å². The highest BCUT2D eigenvalue weighted by molar-refractivity contribution is 14.1. The third-order valence-electron chi connectivity index (χ3n) is 2.43. The molecule has 0 saturated heterocycles. The van der Waals surface area contributed by atoms with Crippen LogP contribution in [0.4, 0.5) is 17.3 Å². The Morgan fingerprint density at radius 2 is 2.00 bits per heavy atom. The maximum absolute atomic E-state index is 5.93. The summed E-state index contributed by atoms with van der Waals surface area (Å²) in [5.74, 6) is 1.79. The second-order valence-electron chi connectivity index (χ2n) is 3.60. The standard InChI is InChI=1S/C12H12ClIN4O/c1-15-11-10(19-2)12(17-6-16-11)18-9-4-3-7(13)5-8(9)14/h3-6H,1-2H3,(H2,15,16,17,18). The third-order valence-corrected chi connectivity index (χ3v) is 3.56. The van der Waals surface area contributed by atoms with Crippen LogP contribution in [0.1, 0.15) is 0 Å².